The summed E-state index contributed by atoms with van der Waals surface area (Å²) in [4.78, 5) is 2.37. The molecule has 1 aliphatic rings. The predicted octanol–water partition coefficient (Wildman–Crippen LogP) is 0.646. The van der Waals surface area contributed by atoms with Crippen LogP contribution in [0.2, 0.25) is 0 Å². The molecule has 1 fully saturated rings. The topological polar surface area (TPSA) is 32.7 Å². The summed E-state index contributed by atoms with van der Waals surface area (Å²) in [5.41, 5.74) is 0. The van der Waals surface area contributed by atoms with Crippen LogP contribution in [0.3, 0.4) is 0 Å². The van der Waals surface area contributed by atoms with Crippen molar-refractivity contribution in [3.63, 3.8) is 0 Å². The van der Waals surface area contributed by atoms with E-state index in [1.807, 2.05) is 6.08 Å². The molecule has 0 amide bonds. The summed E-state index contributed by atoms with van der Waals surface area (Å²) >= 11 is 0. The van der Waals surface area contributed by atoms with Gasteiger partial charge in [-0.3, -0.25) is 4.90 Å². The third kappa shape index (κ3) is 3.89. The first-order chi connectivity index (χ1) is 6.36. The molecular formula is C10H19NO2. The smallest absolute Gasteiger partial charge is 0.0701 e. The molecule has 0 saturated carbocycles. The first-order valence-electron chi connectivity index (χ1n) is 4.92. The van der Waals surface area contributed by atoms with Gasteiger partial charge in [0.1, 0.15) is 0 Å². The zero-order chi connectivity index (χ0) is 9.52. The minimum Gasteiger partial charge on any atom is -0.394 e. The van der Waals surface area contributed by atoms with Crippen molar-refractivity contribution in [3.8, 4) is 0 Å². The standard InChI is InChI=1S/C10H19NO2/c1-2-5-11-6-3-10(4-7-11)13-9-8-12/h2,10,12H,1,3-9H2. The fraction of sp³-hybridized carbons (Fsp3) is 0.800. The van der Waals surface area contributed by atoms with Gasteiger partial charge in [-0.25, -0.2) is 0 Å². The van der Waals surface area contributed by atoms with E-state index in [-0.39, 0.29) is 6.61 Å². The minimum atomic E-state index is 0.132. The maximum atomic E-state index is 8.58. The molecule has 1 saturated heterocycles. The fourth-order valence-corrected chi connectivity index (χ4v) is 1.66. The van der Waals surface area contributed by atoms with Crippen LogP contribution in [0.4, 0.5) is 0 Å². The van der Waals surface area contributed by atoms with Gasteiger partial charge in [0, 0.05) is 19.6 Å². The van der Waals surface area contributed by atoms with E-state index in [4.69, 9.17) is 9.84 Å². The lowest BCUT2D eigenvalue weighted by atomic mass is 10.1. The van der Waals surface area contributed by atoms with Crippen molar-refractivity contribution in [2.75, 3.05) is 32.8 Å². The molecule has 0 atom stereocenters. The fourth-order valence-electron chi connectivity index (χ4n) is 1.66. The Morgan fingerprint density at radius 2 is 2.15 bits per heavy atom. The van der Waals surface area contributed by atoms with Crippen LogP contribution in [-0.2, 0) is 4.74 Å². The van der Waals surface area contributed by atoms with Crippen LogP contribution in [-0.4, -0.2) is 49.0 Å². The Morgan fingerprint density at radius 1 is 1.46 bits per heavy atom. The summed E-state index contributed by atoms with van der Waals surface area (Å²) in [6.45, 7) is 7.48. The van der Waals surface area contributed by atoms with Gasteiger partial charge in [-0.1, -0.05) is 6.08 Å². The summed E-state index contributed by atoms with van der Waals surface area (Å²) in [5.74, 6) is 0. The van der Waals surface area contributed by atoms with Gasteiger partial charge < -0.3 is 9.84 Å². The zero-order valence-corrected chi connectivity index (χ0v) is 8.11. The van der Waals surface area contributed by atoms with Crippen LogP contribution >= 0.6 is 0 Å². The van der Waals surface area contributed by atoms with E-state index in [2.05, 4.69) is 11.5 Å². The number of aliphatic hydroxyl groups excluding tert-OH is 1. The molecule has 0 radical (unpaired) electrons. The molecule has 3 nitrogen and oxygen atoms in total. The highest BCUT2D eigenvalue weighted by atomic mass is 16.5. The molecule has 1 heterocycles. The summed E-state index contributed by atoms with van der Waals surface area (Å²) in [5, 5.41) is 8.58. The lowest BCUT2D eigenvalue weighted by Gasteiger charge is -2.30. The lowest BCUT2D eigenvalue weighted by molar-refractivity contribution is -0.00589. The maximum absolute atomic E-state index is 8.58. The number of ether oxygens (including phenoxy) is 1. The molecular weight excluding hydrogens is 166 g/mol. The second-order valence-electron chi connectivity index (χ2n) is 3.38. The Bertz CT molecular complexity index is 142. The number of piperidine rings is 1. The number of rotatable bonds is 5. The van der Waals surface area contributed by atoms with Gasteiger partial charge in [0.2, 0.25) is 0 Å². The lowest BCUT2D eigenvalue weighted by Crippen LogP contribution is -2.37. The third-order valence-electron chi connectivity index (χ3n) is 2.37. The quantitative estimate of drug-likeness (QED) is 0.638. The molecule has 0 spiro atoms. The second-order valence-corrected chi connectivity index (χ2v) is 3.38. The third-order valence-corrected chi connectivity index (χ3v) is 2.37. The Hall–Kier alpha value is -0.380. The highest BCUT2D eigenvalue weighted by Crippen LogP contribution is 2.12. The van der Waals surface area contributed by atoms with E-state index < -0.39 is 0 Å². The highest BCUT2D eigenvalue weighted by Gasteiger charge is 2.17. The highest BCUT2D eigenvalue weighted by molar-refractivity contribution is 4.78. The van der Waals surface area contributed by atoms with E-state index in [9.17, 15) is 0 Å². The number of aliphatic hydroxyl groups is 1. The van der Waals surface area contributed by atoms with E-state index in [0.29, 0.717) is 12.7 Å². The molecule has 0 aromatic heterocycles. The molecule has 0 aromatic rings. The van der Waals surface area contributed by atoms with Crippen LogP contribution in [0.15, 0.2) is 12.7 Å². The van der Waals surface area contributed by atoms with Crippen molar-refractivity contribution in [1.82, 2.24) is 4.90 Å². The number of nitrogens with zero attached hydrogens (tertiary/aromatic N) is 1. The van der Waals surface area contributed by atoms with Crippen molar-refractivity contribution >= 4 is 0 Å². The number of hydrogen-bond donors (Lipinski definition) is 1. The molecule has 1 N–H and O–H groups in total. The first-order valence-corrected chi connectivity index (χ1v) is 4.92. The zero-order valence-electron chi connectivity index (χ0n) is 8.11. The molecule has 1 rings (SSSR count). The van der Waals surface area contributed by atoms with Crippen LogP contribution in [0.5, 0.6) is 0 Å². The van der Waals surface area contributed by atoms with Crippen molar-refractivity contribution in [2.45, 2.75) is 18.9 Å². The second kappa shape index (κ2) is 6.13. The molecule has 76 valence electrons. The van der Waals surface area contributed by atoms with Crippen LogP contribution < -0.4 is 0 Å². The molecule has 0 aliphatic carbocycles. The van der Waals surface area contributed by atoms with Crippen molar-refractivity contribution in [3.05, 3.63) is 12.7 Å². The van der Waals surface area contributed by atoms with Crippen LogP contribution in [0.1, 0.15) is 12.8 Å². The Labute approximate surface area is 80.0 Å². The Kier molecular flexibility index (Phi) is 5.05. The Morgan fingerprint density at radius 3 is 2.69 bits per heavy atom. The van der Waals surface area contributed by atoms with E-state index in [0.717, 1.165) is 32.5 Å². The summed E-state index contributed by atoms with van der Waals surface area (Å²) < 4.78 is 5.46. The number of hydrogen-bond acceptors (Lipinski definition) is 3. The van der Waals surface area contributed by atoms with Crippen LogP contribution in [0, 0.1) is 0 Å². The van der Waals surface area contributed by atoms with E-state index >= 15 is 0 Å². The monoisotopic (exact) mass is 185 g/mol. The van der Waals surface area contributed by atoms with Gasteiger partial charge in [0.15, 0.2) is 0 Å². The molecule has 0 unspecified atom stereocenters. The first kappa shape index (κ1) is 10.7. The molecule has 3 heteroatoms. The average Bonchev–Trinajstić information content (AvgIpc) is 2.17. The molecule has 1 aliphatic heterocycles. The van der Waals surface area contributed by atoms with Gasteiger partial charge in [-0.2, -0.15) is 0 Å². The molecule has 0 aromatic carbocycles. The van der Waals surface area contributed by atoms with Gasteiger partial charge in [-0.15, -0.1) is 6.58 Å². The number of likely N-dealkylation sites (tertiary alicyclic amines) is 1. The summed E-state index contributed by atoms with van der Waals surface area (Å²) in [7, 11) is 0. The molecule has 13 heavy (non-hydrogen) atoms. The van der Waals surface area contributed by atoms with Gasteiger partial charge >= 0.3 is 0 Å². The normalized spacial score (nSPS) is 20.4. The van der Waals surface area contributed by atoms with E-state index in [1.165, 1.54) is 0 Å². The largest absolute Gasteiger partial charge is 0.394 e. The molecule has 0 bridgehead atoms. The van der Waals surface area contributed by atoms with E-state index in [1.54, 1.807) is 0 Å². The SMILES string of the molecule is C=CCN1CCC(OCCO)CC1. The van der Waals surface area contributed by atoms with Crippen molar-refractivity contribution < 1.29 is 9.84 Å². The predicted molar refractivity (Wildman–Crippen MR) is 52.7 cm³/mol. The summed E-state index contributed by atoms with van der Waals surface area (Å²) in [6, 6.07) is 0. The van der Waals surface area contributed by atoms with Crippen molar-refractivity contribution in [2.24, 2.45) is 0 Å². The Balaban J connectivity index is 2.11. The maximum Gasteiger partial charge on any atom is 0.0701 e. The van der Waals surface area contributed by atoms with Crippen molar-refractivity contribution in [1.29, 1.82) is 0 Å². The summed E-state index contributed by atoms with van der Waals surface area (Å²) in [6.07, 6.45) is 4.45. The van der Waals surface area contributed by atoms with Gasteiger partial charge in [0.05, 0.1) is 19.3 Å². The van der Waals surface area contributed by atoms with Gasteiger partial charge in [0.25, 0.3) is 0 Å². The average molecular weight is 185 g/mol. The minimum absolute atomic E-state index is 0.132. The van der Waals surface area contributed by atoms with Crippen LogP contribution in [0.25, 0.3) is 0 Å². The van der Waals surface area contributed by atoms with Gasteiger partial charge in [-0.05, 0) is 12.8 Å².